The molecule has 1 atom stereocenters. The van der Waals surface area contributed by atoms with E-state index in [1.165, 1.54) is 0 Å². The number of nitrogens with one attached hydrogen (secondary N) is 1. The topological polar surface area (TPSA) is 35.8 Å². The molecule has 1 aliphatic rings. The molecule has 1 aromatic rings. The highest BCUT2D eigenvalue weighted by Crippen LogP contribution is 2.42. The van der Waals surface area contributed by atoms with Crippen molar-refractivity contribution < 1.29 is 0 Å². The van der Waals surface area contributed by atoms with Crippen molar-refractivity contribution in [3.8, 4) is 6.07 Å². The standard InChI is InChI=1S/C14H17ClN2S/c1-2-17-14(9-16,11-6-7-11)10-18-13-5-3-4-12(15)8-13/h3-5,8,11,17H,2,6-7,10H2,1H3. The number of hydrogen-bond donors (Lipinski definition) is 1. The van der Waals surface area contributed by atoms with Crippen molar-refractivity contribution in [2.45, 2.75) is 30.2 Å². The van der Waals surface area contributed by atoms with E-state index in [4.69, 9.17) is 11.6 Å². The molecular weight excluding hydrogens is 264 g/mol. The molecule has 1 aromatic carbocycles. The summed E-state index contributed by atoms with van der Waals surface area (Å²) in [5.41, 5.74) is -0.373. The molecule has 0 spiro atoms. The molecule has 0 heterocycles. The average Bonchev–Trinajstić information content (AvgIpc) is 3.19. The Labute approximate surface area is 118 Å². The predicted octanol–water partition coefficient (Wildman–Crippen LogP) is 3.71. The first kappa shape index (κ1) is 13.7. The minimum absolute atomic E-state index is 0.373. The Hall–Kier alpha value is -0.690. The maximum Gasteiger partial charge on any atom is 0.119 e. The Kier molecular flexibility index (Phi) is 4.55. The maximum atomic E-state index is 9.50. The predicted molar refractivity (Wildman–Crippen MR) is 76.9 cm³/mol. The molecule has 2 rings (SSSR count). The second kappa shape index (κ2) is 5.97. The third-order valence-corrected chi connectivity index (χ3v) is 4.65. The zero-order chi connectivity index (χ0) is 13.0. The zero-order valence-electron chi connectivity index (χ0n) is 10.4. The third kappa shape index (κ3) is 3.20. The van der Waals surface area contributed by atoms with E-state index in [0.717, 1.165) is 35.1 Å². The van der Waals surface area contributed by atoms with Crippen molar-refractivity contribution in [3.05, 3.63) is 29.3 Å². The van der Waals surface area contributed by atoms with Gasteiger partial charge >= 0.3 is 0 Å². The van der Waals surface area contributed by atoms with Crippen molar-refractivity contribution in [2.75, 3.05) is 12.3 Å². The molecule has 0 saturated heterocycles. The molecular formula is C14H17ClN2S. The fourth-order valence-electron chi connectivity index (χ4n) is 2.12. The van der Waals surface area contributed by atoms with Crippen LogP contribution in [0.4, 0.5) is 0 Å². The van der Waals surface area contributed by atoms with Crippen molar-refractivity contribution in [3.63, 3.8) is 0 Å². The van der Waals surface area contributed by atoms with Gasteiger partial charge in [-0.25, -0.2) is 0 Å². The monoisotopic (exact) mass is 280 g/mol. The fraction of sp³-hybridized carbons (Fsp3) is 0.500. The molecule has 1 unspecified atom stereocenters. The van der Waals surface area contributed by atoms with Crippen molar-refractivity contribution in [1.29, 1.82) is 5.26 Å². The highest BCUT2D eigenvalue weighted by molar-refractivity contribution is 7.99. The zero-order valence-corrected chi connectivity index (χ0v) is 12.0. The number of rotatable bonds is 6. The van der Waals surface area contributed by atoms with Crippen LogP contribution in [0, 0.1) is 17.2 Å². The maximum absolute atomic E-state index is 9.50. The van der Waals surface area contributed by atoms with Crippen LogP contribution in [0.25, 0.3) is 0 Å². The minimum Gasteiger partial charge on any atom is -0.299 e. The van der Waals surface area contributed by atoms with Crippen LogP contribution in [0.5, 0.6) is 0 Å². The summed E-state index contributed by atoms with van der Waals surface area (Å²) in [6, 6.07) is 10.3. The van der Waals surface area contributed by atoms with Gasteiger partial charge in [-0.15, -0.1) is 11.8 Å². The molecule has 0 aliphatic heterocycles. The summed E-state index contributed by atoms with van der Waals surface area (Å²) in [5.74, 6) is 1.29. The summed E-state index contributed by atoms with van der Waals surface area (Å²) < 4.78 is 0. The Morgan fingerprint density at radius 1 is 1.56 bits per heavy atom. The molecule has 2 nitrogen and oxygen atoms in total. The third-order valence-electron chi connectivity index (χ3n) is 3.23. The molecule has 0 bridgehead atoms. The van der Waals surface area contributed by atoms with Crippen molar-refractivity contribution in [1.82, 2.24) is 5.32 Å². The molecule has 4 heteroatoms. The Bertz CT molecular complexity index is 453. The molecule has 96 valence electrons. The number of hydrogen-bond acceptors (Lipinski definition) is 3. The van der Waals surface area contributed by atoms with Gasteiger partial charge in [-0.1, -0.05) is 24.6 Å². The highest BCUT2D eigenvalue weighted by atomic mass is 35.5. The number of benzene rings is 1. The molecule has 0 aromatic heterocycles. The summed E-state index contributed by atoms with van der Waals surface area (Å²) in [6.45, 7) is 2.89. The lowest BCUT2D eigenvalue weighted by molar-refractivity contribution is 0.416. The SMILES string of the molecule is CCNC(C#N)(CSc1cccc(Cl)c1)C1CC1. The number of halogens is 1. The van der Waals surface area contributed by atoms with E-state index >= 15 is 0 Å². The Balaban J connectivity index is 2.04. The van der Waals surface area contributed by atoms with Gasteiger partial charge < -0.3 is 0 Å². The molecule has 1 fully saturated rings. The quantitative estimate of drug-likeness (QED) is 0.807. The van der Waals surface area contributed by atoms with Gasteiger partial charge in [0.25, 0.3) is 0 Å². The second-order valence-electron chi connectivity index (χ2n) is 4.63. The van der Waals surface area contributed by atoms with E-state index in [1.54, 1.807) is 11.8 Å². The lowest BCUT2D eigenvalue weighted by Crippen LogP contribution is -2.48. The van der Waals surface area contributed by atoms with Crippen LogP contribution in [0.3, 0.4) is 0 Å². The first-order valence-electron chi connectivity index (χ1n) is 6.25. The summed E-state index contributed by atoms with van der Waals surface area (Å²) in [5, 5.41) is 13.6. The molecule has 1 aliphatic carbocycles. The van der Waals surface area contributed by atoms with Gasteiger partial charge in [0.15, 0.2) is 0 Å². The van der Waals surface area contributed by atoms with E-state index in [0.29, 0.717) is 5.92 Å². The number of thioether (sulfide) groups is 1. The van der Waals surface area contributed by atoms with Crippen LogP contribution in [0.15, 0.2) is 29.2 Å². The summed E-state index contributed by atoms with van der Waals surface area (Å²) in [6.07, 6.45) is 2.33. The highest BCUT2D eigenvalue weighted by Gasteiger charge is 2.45. The minimum atomic E-state index is -0.373. The normalized spacial score (nSPS) is 18.1. The van der Waals surface area contributed by atoms with E-state index in [2.05, 4.69) is 18.3 Å². The molecule has 0 amide bonds. The van der Waals surface area contributed by atoms with Gasteiger partial charge in [0.2, 0.25) is 0 Å². The number of nitriles is 1. The van der Waals surface area contributed by atoms with E-state index in [1.807, 2.05) is 24.3 Å². The molecule has 18 heavy (non-hydrogen) atoms. The van der Waals surface area contributed by atoms with E-state index in [9.17, 15) is 5.26 Å². The van der Waals surface area contributed by atoms with Crippen LogP contribution >= 0.6 is 23.4 Å². The molecule has 0 radical (unpaired) electrons. The van der Waals surface area contributed by atoms with Crippen molar-refractivity contribution >= 4 is 23.4 Å². The van der Waals surface area contributed by atoms with Gasteiger partial charge in [-0.05, 0) is 43.5 Å². The Morgan fingerprint density at radius 3 is 2.89 bits per heavy atom. The van der Waals surface area contributed by atoms with Gasteiger partial charge in [-0.2, -0.15) is 5.26 Å². The number of nitrogens with zero attached hydrogens (tertiary/aromatic N) is 1. The summed E-state index contributed by atoms with van der Waals surface area (Å²) in [7, 11) is 0. The van der Waals surface area contributed by atoms with Crippen LogP contribution in [0.2, 0.25) is 5.02 Å². The van der Waals surface area contributed by atoms with E-state index < -0.39 is 0 Å². The second-order valence-corrected chi connectivity index (χ2v) is 6.12. The largest absolute Gasteiger partial charge is 0.299 e. The summed E-state index contributed by atoms with van der Waals surface area (Å²) in [4.78, 5) is 1.13. The lowest BCUT2D eigenvalue weighted by atomic mass is 9.98. The van der Waals surface area contributed by atoms with Gasteiger partial charge in [0.05, 0.1) is 6.07 Å². The summed E-state index contributed by atoms with van der Waals surface area (Å²) >= 11 is 7.68. The molecule has 1 saturated carbocycles. The smallest absolute Gasteiger partial charge is 0.119 e. The van der Waals surface area contributed by atoms with Crippen LogP contribution in [0.1, 0.15) is 19.8 Å². The van der Waals surface area contributed by atoms with Crippen LogP contribution in [-0.2, 0) is 0 Å². The fourth-order valence-corrected chi connectivity index (χ4v) is 3.56. The van der Waals surface area contributed by atoms with E-state index in [-0.39, 0.29) is 5.54 Å². The Morgan fingerprint density at radius 2 is 2.33 bits per heavy atom. The molecule has 1 N–H and O–H groups in total. The van der Waals surface area contributed by atoms with Gasteiger partial charge in [0.1, 0.15) is 5.54 Å². The first-order valence-corrected chi connectivity index (χ1v) is 7.61. The van der Waals surface area contributed by atoms with Crippen LogP contribution < -0.4 is 5.32 Å². The van der Waals surface area contributed by atoms with Crippen LogP contribution in [-0.4, -0.2) is 17.8 Å². The average molecular weight is 281 g/mol. The van der Waals surface area contributed by atoms with Crippen molar-refractivity contribution in [2.24, 2.45) is 5.92 Å². The van der Waals surface area contributed by atoms with Gasteiger partial charge in [-0.3, -0.25) is 5.32 Å². The van der Waals surface area contributed by atoms with Gasteiger partial charge in [0, 0.05) is 15.7 Å². The first-order chi connectivity index (χ1) is 8.70. The lowest BCUT2D eigenvalue weighted by Gasteiger charge is -2.27.